The van der Waals surface area contributed by atoms with Crippen molar-refractivity contribution in [1.82, 2.24) is 4.90 Å². The van der Waals surface area contributed by atoms with Gasteiger partial charge in [-0.15, -0.1) is 11.8 Å². The lowest BCUT2D eigenvalue weighted by Crippen LogP contribution is -2.41. The SMILES string of the molecule is COC1CC(C(=O)O)N(C(=O)CSCC(=O)c2ccccc2)C1. The van der Waals surface area contributed by atoms with Crippen molar-refractivity contribution < 1.29 is 24.2 Å². The molecule has 1 saturated heterocycles. The van der Waals surface area contributed by atoms with Gasteiger partial charge in [0.05, 0.1) is 17.6 Å². The first-order chi connectivity index (χ1) is 11.0. The molecule has 0 saturated carbocycles. The summed E-state index contributed by atoms with van der Waals surface area (Å²) >= 11 is 1.20. The number of carbonyl (C=O) groups is 3. The van der Waals surface area contributed by atoms with Crippen LogP contribution in [-0.4, -0.2) is 65.0 Å². The second kappa shape index (κ2) is 8.12. The molecule has 1 amide bonds. The van der Waals surface area contributed by atoms with Gasteiger partial charge in [0.15, 0.2) is 5.78 Å². The zero-order valence-electron chi connectivity index (χ0n) is 12.8. The Balaban J connectivity index is 1.84. The number of Topliss-reactive ketones (excluding diaryl/α,β-unsaturated/α-hetero) is 1. The number of aliphatic carboxylic acids is 1. The third-order valence-corrected chi connectivity index (χ3v) is 4.67. The molecule has 1 N–H and O–H groups in total. The van der Waals surface area contributed by atoms with Crippen molar-refractivity contribution in [3.8, 4) is 0 Å². The molecule has 6 nitrogen and oxygen atoms in total. The molecule has 0 aliphatic carbocycles. The van der Waals surface area contributed by atoms with Crippen LogP contribution in [0.15, 0.2) is 30.3 Å². The van der Waals surface area contributed by atoms with Crippen LogP contribution in [0.2, 0.25) is 0 Å². The first kappa shape index (κ1) is 17.5. The second-order valence-corrected chi connectivity index (χ2v) is 6.26. The number of carboxylic acid groups (broad SMARTS) is 1. The minimum Gasteiger partial charge on any atom is -0.480 e. The van der Waals surface area contributed by atoms with Gasteiger partial charge < -0.3 is 14.7 Å². The Kier molecular flexibility index (Phi) is 6.18. The fourth-order valence-corrected chi connectivity index (χ4v) is 3.29. The molecule has 1 aromatic carbocycles. The zero-order valence-corrected chi connectivity index (χ0v) is 13.6. The fourth-order valence-electron chi connectivity index (χ4n) is 2.50. The van der Waals surface area contributed by atoms with Crippen molar-refractivity contribution in [2.45, 2.75) is 18.6 Å². The van der Waals surface area contributed by atoms with E-state index in [4.69, 9.17) is 4.74 Å². The van der Waals surface area contributed by atoms with Gasteiger partial charge in [0.2, 0.25) is 5.91 Å². The van der Waals surface area contributed by atoms with Gasteiger partial charge in [0.25, 0.3) is 0 Å². The van der Waals surface area contributed by atoms with E-state index in [-0.39, 0.29) is 35.8 Å². The summed E-state index contributed by atoms with van der Waals surface area (Å²) in [6, 6.07) is 8.02. The topological polar surface area (TPSA) is 83.9 Å². The number of amides is 1. The highest BCUT2D eigenvalue weighted by atomic mass is 32.2. The fraction of sp³-hybridized carbons (Fsp3) is 0.438. The van der Waals surface area contributed by atoms with E-state index in [2.05, 4.69) is 0 Å². The maximum absolute atomic E-state index is 12.2. The molecule has 23 heavy (non-hydrogen) atoms. The Morgan fingerprint density at radius 3 is 2.57 bits per heavy atom. The molecule has 2 unspecified atom stereocenters. The van der Waals surface area contributed by atoms with E-state index in [1.54, 1.807) is 24.3 Å². The number of rotatable bonds is 7. The molecule has 1 heterocycles. The lowest BCUT2D eigenvalue weighted by atomic mass is 10.2. The normalized spacial score (nSPS) is 20.5. The summed E-state index contributed by atoms with van der Waals surface area (Å²) < 4.78 is 5.15. The van der Waals surface area contributed by atoms with Crippen LogP contribution in [0, 0.1) is 0 Å². The van der Waals surface area contributed by atoms with Crippen LogP contribution in [0.5, 0.6) is 0 Å². The lowest BCUT2D eigenvalue weighted by Gasteiger charge is -2.20. The van der Waals surface area contributed by atoms with Crippen molar-refractivity contribution in [3.63, 3.8) is 0 Å². The van der Waals surface area contributed by atoms with E-state index in [1.165, 1.54) is 23.8 Å². The van der Waals surface area contributed by atoms with Gasteiger partial charge in [-0.2, -0.15) is 0 Å². The molecular weight excluding hydrogens is 318 g/mol. The predicted molar refractivity (Wildman–Crippen MR) is 86.6 cm³/mol. The molecule has 1 aliphatic heterocycles. The van der Waals surface area contributed by atoms with E-state index in [1.807, 2.05) is 6.07 Å². The molecule has 2 atom stereocenters. The van der Waals surface area contributed by atoms with Crippen LogP contribution in [0.4, 0.5) is 0 Å². The summed E-state index contributed by atoms with van der Waals surface area (Å²) in [6.45, 7) is 0.277. The number of nitrogens with zero attached hydrogens (tertiary/aromatic N) is 1. The van der Waals surface area contributed by atoms with Gasteiger partial charge in [0, 0.05) is 25.6 Å². The molecule has 0 aromatic heterocycles. The number of likely N-dealkylation sites (tertiary alicyclic amines) is 1. The molecule has 124 valence electrons. The van der Waals surface area contributed by atoms with E-state index < -0.39 is 12.0 Å². The van der Waals surface area contributed by atoms with Crippen molar-refractivity contribution in [2.24, 2.45) is 0 Å². The molecule has 0 spiro atoms. The van der Waals surface area contributed by atoms with Crippen LogP contribution in [0.25, 0.3) is 0 Å². The maximum atomic E-state index is 12.2. The van der Waals surface area contributed by atoms with Gasteiger partial charge in [-0.3, -0.25) is 9.59 Å². The largest absolute Gasteiger partial charge is 0.480 e. The third-order valence-electron chi connectivity index (χ3n) is 3.76. The van der Waals surface area contributed by atoms with E-state index in [0.717, 1.165) is 0 Å². The first-order valence-corrected chi connectivity index (χ1v) is 8.39. The lowest BCUT2D eigenvalue weighted by molar-refractivity contribution is -0.147. The Hall–Kier alpha value is -1.86. The van der Waals surface area contributed by atoms with Gasteiger partial charge in [-0.25, -0.2) is 4.79 Å². The standard InChI is InChI=1S/C16H19NO5S/c1-22-12-7-13(16(20)21)17(8-12)15(19)10-23-9-14(18)11-5-3-2-4-6-11/h2-6,12-13H,7-10H2,1H3,(H,20,21). The van der Waals surface area contributed by atoms with Gasteiger partial charge in [0.1, 0.15) is 6.04 Å². The van der Waals surface area contributed by atoms with Crippen LogP contribution in [0.3, 0.4) is 0 Å². The van der Waals surface area contributed by atoms with E-state index in [9.17, 15) is 19.5 Å². The average Bonchev–Trinajstić information content (AvgIpc) is 3.00. The van der Waals surface area contributed by atoms with Crippen LogP contribution < -0.4 is 0 Å². The number of hydrogen-bond donors (Lipinski definition) is 1. The number of carboxylic acids is 1. The van der Waals surface area contributed by atoms with Crippen molar-refractivity contribution in [1.29, 1.82) is 0 Å². The van der Waals surface area contributed by atoms with E-state index >= 15 is 0 Å². The molecule has 7 heteroatoms. The second-order valence-electron chi connectivity index (χ2n) is 5.28. The summed E-state index contributed by atoms with van der Waals surface area (Å²) in [5, 5.41) is 9.20. The van der Waals surface area contributed by atoms with Crippen molar-refractivity contribution in [3.05, 3.63) is 35.9 Å². The highest BCUT2D eigenvalue weighted by Crippen LogP contribution is 2.21. The predicted octanol–water partition coefficient (Wildman–Crippen LogP) is 1.30. The number of benzene rings is 1. The number of carbonyl (C=O) groups excluding carboxylic acids is 2. The Morgan fingerprint density at radius 2 is 1.96 bits per heavy atom. The van der Waals surface area contributed by atoms with Crippen LogP contribution >= 0.6 is 11.8 Å². The number of hydrogen-bond acceptors (Lipinski definition) is 5. The molecule has 2 rings (SSSR count). The molecule has 0 bridgehead atoms. The number of thioether (sulfide) groups is 1. The monoisotopic (exact) mass is 337 g/mol. The highest BCUT2D eigenvalue weighted by molar-refractivity contribution is 8.00. The summed E-state index contributed by atoms with van der Waals surface area (Å²) in [7, 11) is 1.50. The molecule has 1 aromatic rings. The van der Waals surface area contributed by atoms with Crippen LogP contribution in [0.1, 0.15) is 16.8 Å². The Labute approximate surface area is 138 Å². The number of methoxy groups -OCH3 is 1. The van der Waals surface area contributed by atoms with Gasteiger partial charge in [-0.1, -0.05) is 30.3 Å². The summed E-state index contributed by atoms with van der Waals surface area (Å²) in [5.74, 6) is -1.08. The average molecular weight is 337 g/mol. The molecule has 1 aliphatic rings. The molecule has 0 radical (unpaired) electrons. The first-order valence-electron chi connectivity index (χ1n) is 7.24. The number of ketones is 1. The Morgan fingerprint density at radius 1 is 1.26 bits per heavy atom. The highest BCUT2D eigenvalue weighted by Gasteiger charge is 2.39. The smallest absolute Gasteiger partial charge is 0.326 e. The zero-order chi connectivity index (χ0) is 16.8. The quantitative estimate of drug-likeness (QED) is 0.755. The minimum atomic E-state index is -1.02. The van der Waals surface area contributed by atoms with Crippen LogP contribution in [-0.2, 0) is 14.3 Å². The molecular formula is C16H19NO5S. The summed E-state index contributed by atoms with van der Waals surface area (Å²) in [4.78, 5) is 36.7. The third kappa shape index (κ3) is 4.56. The van der Waals surface area contributed by atoms with Crippen molar-refractivity contribution in [2.75, 3.05) is 25.2 Å². The Bertz CT molecular complexity index is 577. The van der Waals surface area contributed by atoms with Gasteiger partial charge >= 0.3 is 5.97 Å². The number of ether oxygens (including phenoxy) is 1. The summed E-state index contributed by atoms with van der Waals surface area (Å²) in [6.07, 6.45) is 0.0431. The summed E-state index contributed by atoms with van der Waals surface area (Å²) in [5.41, 5.74) is 0.608. The maximum Gasteiger partial charge on any atom is 0.326 e. The molecule has 1 fully saturated rings. The van der Waals surface area contributed by atoms with Crippen molar-refractivity contribution >= 4 is 29.4 Å². The minimum absolute atomic E-state index is 0.0469. The van der Waals surface area contributed by atoms with Gasteiger partial charge in [-0.05, 0) is 0 Å². The van der Waals surface area contributed by atoms with E-state index in [0.29, 0.717) is 12.0 Å².